The van der Waals surface area contributed by atoms with Gasteiger partial charge in [-0.1, -0.05) is 13.1 Å². The molecule has 2 nitrogen and oxygen atoms in total. The van der Waals surface area contributed by atoms with E-state index in [1.807, 2.05) is 0 Å². The van der Waals surface area contributed by atoms with Crippen LogP contribution in [0.5, 0.6) is 0 Å². The van der Waals surface area contributed by atoms with Crippen LogP contribution >= 0.6 is 21.8 Å². The lowest BCUT2D eigenvalue weighted by molar-refractivity contribution is -0.132. The Morgan fingerprint density at radius 3 is 2.67 bits per heavy atom. The van der Waals surface area contributed by atoms with Gasteiger partial charge in [0.25, 0.3) is 0 Å². The van der Waals surface area contributed by atoms with Crippen molar-refractivity contribution in [2.24, 2.45) is 0 Å². The Hall–Kier alpha value is 0.417. The molecule has 0 atom stereocenters. The second-order valence-electron chi connectivity index (χ2n) is 3.99. The Labute approximate surface area is 87.9 Å². The molecule has 0 unspecified atom stereocenters. The van der Waals surface area contributed by atoms with Gasteiger partial charge in [0.2, 0.25) is 5.91 Å². The normalized spacial score (nSPS) is 19.9. The minimum absolute atomic E-state index is 0.374. The van der Waals surface area contributed by atoms with Crippen molar-refractivity contribution in [3.05, 3.63) is 0 Å². The maximum Gasteiger partial charge on any atom is 0.222 e. The lowest BCUT2D eigenvalue weighted by atomic mass is 10.1. The van der Waals surface area contributed by atoms with E-state index in [0.29, 0.717) is 5.91 Å². The monoisotopic (exact) mass is 297 g/mol. The molecular formula is C8H16INOSi. The molecule has 1 aliphatic heterocycles. The van der Waals surface area contributed by atoms with Crippen LogP contribution in [0.15, 0.2) is 0 Å². The summed E-state index contributed by atoms with van der Waals surface area (Å²) in [6.07, 6.45) is 4.11. The van der Waals surface area contributed by atoms with Crippen molar-refractivity contribution in [1.29, 1.82) is 0 Å². The van der Waals surface area contributed by atoms with Crippen LogP contribution in [0.1, 0.15) is 19.3 Å². The van der Waals surface area contributed by atoms with Gasteiger partial charge in [-0.15, -0.1) is 21.8 Å². The zero-order valence-electron chi connectivity index (χ0n) is 7.77. The number of piperidine rings is 1. The highest BCUT2D eigenvalue weighted by Gasteiger charge is 2.25. The number of nitrogens with zero attached hydrogens (tertiary/aromatic N) is 1. The predicted molar refractivity (Wildman–Crippen MR) is 61.9 cm³/mol. The summed E-state index contributed by atoms with van der Waals surface area (Å²) in [7, 11) is 0. The molecular weight excluding hydrogens is 281 g/mol. The van der Waals surface area contributed by atoms with Gasteiger partial charge < -0.3 is 4.90 Å². The molecule has 0 radical (unpaired) electrons. The molecule has 70 valence electrons. The number of hydrogen-bond donors (Lipinski definition) is 0. The van der Waals surface area contributed by atoms with Gasteiger partial charge in [-0.2, -0.15) is 0 Å². The van der Waals surface area contributed by atoms with E-state index >= 15 is 0 Å². The molecule has 1 fully saturated rings. The summed E-state index contributed by atoms with van der Waals surface area (Å²) in [5, 5.41) is 0. The summed E-state index contributed by atoms with van der Waals surface area (Å²) >= 11 is 2.53. The van der Waals surface area contributed by atoms with Gasteiger partial charge in [0.1, 0.15) is 5.57 Å². The van der Waals surface area contributed by atoms with Crippen LogP contribution in [0, 0.1) is 0 Å². The topological polar surface area (TPSA) is 20.3 Å². The fraction of sp³-hybridized carbons (Fsp3) is 0.875. The zero-order chi connectivity index (χ0) is 9.19. The first-order valence-electron chi connectivity index (χ1n) is 4.46. The third kappa shape index (κ3) is 3.43. The minimum atomic E-state index is -1.11. The minimum Gasteiger partial charge on any atom is -0.345 e. The van der Waals surface area contributed by atoms with E-state index in [1.54, 1.807) is 0 Å². The molecule has 4 heteroatoms. The van der Waals surface area contributed by atoms with E-state index in [1.165, 1.54) is 6.42 Å². The fourth-order valence-electron chi connectivity index (χ4n) is 1.48. The van der Waals surface area contributed by atoms with Crippen molar-refractivity contribution in [3.8, 4) is 0 Å². The van der Waals surface area contributed by atoms with E-state index in [2.05, 4.69) is 39.8 Å². The molecule has 1 amide bonds. The maximum absolute atomic E-state index is 11.4. The lowest BCUT2D eigenvalue weighted by Gasteiger charge is -2.30. The van der Waals surface area contributed by atoms with E-state index in [9.17, 15) is 4.79 Å². The number of carbonyl (C=O) groups excluding carboxylic acids is 1. The standard InChI is InChI=1S/C8H16INOSi/c1-12(2,9)7-10-6-4-3-5-8(10)11/h3-7H2,1-2H3. The van der Waals surface area contributed by atoms with Crippen molar-refractivity contribution in [1.82, 2.24) is 4.90 Å². The van der Waals surface area contributed by atoms with Crippen LogP contribution in [0.3, 0.4) is 0 Å². The molecule has 0 aromatic rings. The van der Waals surface area contributed by atoms with Crippen molar-refractivity contribution in [2.75, 3.05) is 12.7 Å². The molecule has 0 aromatic carbocycles. The number of likely N-dealkylation sites (tertiary alicyclic amines) is 1. The maximum atomic E-state index is 11.4. The third-order valence-electron chi connectivity index (χ3n) is 1.99. The fourth-order valence-corrected chi connectivity index (χ4v) is 3.96. The smallest absolute Gasteiger partial charge is 0.222 e. The van der Waals surface area contributed by atoms with Gasteiger partial charge in [-0.05, 0) is 12.8 Å². The molecule has 1 saturated heterocycles. The lowest BCUT2D eigenvalue weighted by Crippen LogP contribution is -2.44. The molecule has 1 aliphatic rings. The molecule has 0 spiro atoms. The average Bonchev–Trinajstić information content (AvgIpc) is 1.91. The van der Waals surface area contributed by atoms with Crippen LogP contribution in [0.25, 0.3) is 0 Å². The van der Waals surface area contributed by atoms with Gasteiger partial charge in [0.15, 0.2) is 0 Å². The van der Waals surface area contributed by atoms with Crippen LogP contribution in [-0.2, 0) is 4.79 Å². The zero-order valence-corrected chi connectivity index (χ0v) is 10.9. The Kier molecular flexibility index (Phi) is 3.57. The number of carbonyl (C=O) groups is 1. The molecule has 12 heavy (non-hydrogen) atoms. The average molecular weight is 297 g/mol. The summed E-state index contributed by atoms with van der Waals surface area (Å²) in [5.41, 5.74) is -1.11. The Balaban J connectivity index is 2.45. The highest BCUT2D eigenvalue weighted by atomic mass is 127. The third-order valence-corrected chi connectivity index (χ3v) is 4.15. The van der Waals surface area contributed by atoms with Crippen molar-refractivity contribution in [3.63, 3.8) is 0 Å². The Morgan fingerprint density at radius 1 is 1.50 bits per heavy atom. The number of halogens is 1. The van der Waals surface area contributed by atoms with Gasteiger partial charge in [0.05, 0.1) is 0 Å². The second kappa shape index (κ2) is 4.08. The molecule has 0 saturated carbocycles. The highest BCUT2D eigenvalue weighted by molar-refractivity contribution is 14.1. The predicted octanol–water partition coefficient (Wildman–Crippen LogP) is 2.18. The van der Waals surface area contributed by atoms with Crippen molar-refractivity contribution >= 4 is 33.3 Å². The van der Waals surface area contributed by atoms with Crippen LogP contribution in [0.2, 0.25) is 13.1 Å². The van der Waals surface area contributed by atoms with E-state index in [0.717, 1.165) is 25.6 Å². The van der Waals surface area contributed by atoms with E-state index in [-0.39, 0.29) is 0 Å². The SMILES string of the molecule is C[Si](C)(I)CN1CCCCC1=O. The highest BCUT2D eigenvalue weighted by Crippen LogP contribution is 2.17. The first-order valence-corrected chi connectivity index (χ1v) is 10.8. The number of amides is 1. The first-order chi connectivity index (χ1) is 5.49. The van der Waals surface area contributed by atoms with Gasteiger partial charge in [-0.3, -0.25) is 4.79 Å². The molecule has 0 aromatic heterocycles. The largest absolute Gasteiger partial charge is 0.345 e. The molecule has 0 aliphatic carbocycles. The van der Waals surface area contributed by atoms with Crippen LogP contribution in [-0.4, -0.2) is 29.1 Å². The molecule has 0 bridgehead atoms. The summed E-state index contributed by atoms with van der Waals surface area (Å²) in [6.45, 7) is 5.60. The molecule has 0 N–H and O–H groups in total. The Morgan fingerprint density at radius 2 is 2.17 bits per heavy atom. The summed E-state index contributed by atoms with van der Waals surface area (Å²) in [6, 6.07) is 0. The van der Waals surface area contributed by atoms with Gasteiger partial charge >= 0.3 is 0 Å². The summed E-state index contributed by atoms with van der Waals surface area (Å²) in [4.78, 5) is 13.5. The van der Waals surface area contributed by atoms with E-state index < -0.39 is 5.57 Å². The van der Waals surface area contributed by atoms with E-state index in [4.69, 9.17) is 0 Å². The van der Waals surface area contributed by atoms with Gasteiger partial charge in [-0.25, -0.2) is 0 Å². The summed E-state index contributed by atoms with van der Waals surface area (Å²) in [5.74, 6) is 0.374. The first kappa shape index (κ1) is 10.5. The second-order valence-corrected chi connectivity index (χ2v) is 16.5. The van der Waals surface area contributed by atoms with Gasteiger partial charge in [0, 0.05) is 19.1 Å². The molecule has 1 rings (SSSR count). The van der Waals surface area contributed by atoms with Crippen LogP contribution in [0.4, 0.5) is 0 Å². The van der Waals surface area contributed by atoms with Crippen LogP contribution < -0.4 is 0 Å². The van der Waals surface area contributed by atoms with Crippen molar-refractivity contribution in [2.45, 2.75) is 32.4 Å². The van der Waals surface area contributed by atoms with Crippen molar-refractivity contribution < 1.29 is 4.79 Å². The number of rotatable bonds is 2. The summed E-state index contributed by atoms with van der Waals surface area (Å²) < 4.78 is 0. The number of hydrogen-bond acceptors (Lipinski definition) is 1. The quantitative estimate of drug-likeness (QED) is 0.434. The Bertz CT molecular complexity index is 178. The molecule has 1 heterocycles.